The molecule has 11 nitrogen and oxygen atoms in total. The van der Waals surface area contributed by atoms with Gasteiger partial charge in [0.05, 0.1) is 11.6 Å². The first-order valence-electron chi connectivity index (χ1n) is 10.6. The second-order valence-corrected chi connectivity index (χ2v) is 11.1. The summed E-state index contributed by atoms with van der Waals surface area (Å²) in [5.41, 5.74) is 18.9. The number of carbonyl (C=O) groups is 1. The third-order valence-corrected chi connectivity index (χ3v) is 6.52. The zero-order valence-electron chi connectivity index (χ0n) is 19.9. The number of aliphatic imine (C=N–C) groups is 1. The summed E-state index contributed by atoms with van der Waals surface area (Å²) in [6.07, 6.45) is 1.37. The molecule has 1 aromatic carbocycles. The van der Waals surface area contributed by atoms with Gasteiger partial charge in [-0.3, -0.25) is 4.79 Å². The molecule has 9 N–H and O–H groups in total. The molecule has 0 radical (unpaired) electrons. The maximum atomic E-state index is 10.8. The van der Waals surface area contributed by atoms with Crippen molar-refractivity contribution < 1.29 is 18.3 Å². The molecule has 0 bridgehead atoms. The van der Waals surface area contributed by atoms with Gasteiger partial charge < -0.3 is 22.3 Å². The van der Waals surface area contributed by atoms with E-state index in [1.165, 1.54) is 28.7 Å². The fourth-order valence-corrected chi connectivity index (χ4v) is 4.73. The number of hydrogen-bond donors (Lipinski definition) is 5. The number of thioether (sulfide) groups is 1. The monoisotopic (exact) mass is 543 g/mol. The molecule has 1 aromatic heterocycles. The molecule has 35 heavy (non-hydrogen) atoms. The Balaban J connectivity index is 0.000000365. The van der Waals surface area contributed by atoms with Crippen molar-refractivity contribution in [2.75, 3.05) is 5.75 Å². The van der Waals surface area contributed by atoms with E-state index in [4.69, 9.17) is 27.4 Å². The number of aromatic nitrogens is 1. The lowest BCUT2D eigenvalue weighted by atomic mass is 9.97. The Morgan fingerprint density at radius 1 is 1.17 bits per heavy atom. The molecule has 0 amide bonds. The van der Waals surface area contributed by atoms with Gasteiger partial charge in [0, 0.05) is 23.3 Å². The first-order valence-corrected chi connectivity index (χ1v) is 14.1. The number of guanidine groups is 1. The van der Waals surface area contributed by atoms with E-state index in [9.17, 15) is 13.2 Å². The molecule has 0 saturated carbocycles. The number of carboxylic acid groups (broad SMARTS) is 1. The molecular formula is C21H33N7O4S3. The number of carboxylic acids is 1. The molecule has 0 unspecified atom stereocenters. The molecule has 0 aliphatic carbocycles. The van der Waals surface area contributed by atoms with Gasteiger partial charge in [-0.05, 0) is 30.4 Å². The van der Waals surface area contributed by atoms with Crippen LogP contribution < -0.4 is 22.3 Å². The van der Waals surface area contributed by atoms with E-state index in [1.54, 1.807) is 6.92 Å². The van der Waals surface area contributed by atoms with Crippen LogP contribution in [0.4, 0.5) is 5.13 Å². The van der Waals surface area contributed by atoms with Gasteiger partial charge in [0.15, 0.2) is 5.96 Å². The molecule has 0 fully saturated rings. The van der Waals surface area contributed by atoms with E-state index in [0.29, 0.717) is 29.0 Å². The quantitative estimate of drug-likeness (QED) is 0.159. The Bertz CT molecular complexity index is 1110. The summed E-state index contributed by atoms with van der Waals surface area (Å²) in [4.78, 5) is 18.8. The van der Waals surface area contributed by atoms with Crippen molar-refractivity contribution in [3.8, 4) is 0 Å². The van der Waals surface area contributed by atoms with Crippen LogP contribution in [0.25, 0.3) is 0 Å². The average Bonchev–Trinajstić information content (AvgIpc) is 3.16. The van der Waals surface area contributed by atoms with Gasteiger partial charge in [-0.2, -0.15) is 25.2 Å². The van der Waals surface area contributed by atoms with E-state index in [0.717, 1.165) is 17.7 Å². The standard InChI is InChI=1S/C13H18O2.C8H15N7O2S3/c1-9(2)8-11-4-6-12(7-5-11)10(3)13(14)15;9-6(15-20(12,16)17)1-2-18-3-5-4-19-8(13-5)14-7(10)11/h4-7,9-10H,8H2,1-3H3,(H,14,15);4H,1-3H2,(H2,9,15)(H2,12,16,17)(H4,10,11,13,14)/t10-;/m0./s1. The Morgan fingerprint density at radius 3 is 2.31 bits per heavy atom. The SMILES string of the molecule is CC(C)Cc1ccc([C@H](C)C(=O)O)cc1.NC(N)=Nc1nc(CSCC/C(N)=N/S(N)(=O)=O)cs1. The highest BCUT2D eigenvalue weighted by Crippen LogP contribution is 2.22. The van der Waals surface area contributed by atoms with Gasteiger partial charge in [0.1, 0.15) is 5.84 Å². The minimum atomic E-state index is -3.92. The van der Waals surface area contributed by atoms with Crippen molar-refractivity contribution >= 4 is 56.2 Å². The predicted molar refractivity (Wildman–Crippen MR) is 144 cm³/mol. The fourth-order valence-electron chi connectivity index (χ4n) is 2.64. The van der Waals surface area contributed by atoms with Crippen molar-refractivity contribution in [1.29, 1.82) is 0 Å². The van der Waals surface area contributed by atoms with Gasteiger partial charge in [-0.1, -0.05) is 38.1 Å². The maximum Gasteiger partial charge on any atom is 0.318 e. The summed E-state index contributed by atoms with van der Waals surface area (Å²) >= 11 is 2.86. The fraction of sp³-hybridized carbons (Fsp3) is 0.429. The average molecular weight is 544 g/mol. The Morgan fingerprint density at radius 2 is 1.80 bits per heavy atom. The molecule has 0 spiro atoms. The smallest absolute Gasteiger partial charge is 0.318 e. The third kappa shape index (κ3) is 13.7. The number of amidine groups is 1. The lowest BCUT2D eigenvalue weighted by Gasteiger charge is -2.09. The molecule has 0 saturated heterocycles. The number of thiazole rings is 1. The van der Waals surface area contributed by atoms with Gasteiger partial charge in [-0.25, -0.2) is 10.1 Å². The molecule has 2 aromatic rings. The summed E-state index contributed by atoms with van der Waals surface area (Å²) in [5.74, 6) is 0.626. The lowest BCUT2D eigenvalue weighted by molar-refractivity contribution is -0.138. The highest BCUT2D eigenvalue weighted by molar-refractivity contribution is 7.98. The second kappa shape index (κ2) is 14.7. The van der Waals surface area contributed by atoms with E-state index in [2.05, 4.69) is 28.2 Å². The van der Waals surface area contributed by atoms with Crippen LogP contribution >= 0.6 is 23.1 Å². The lowest BCUT2D eigenvalue weighted by Crippen LogP contribution is -2.21. The molecule has 0 aliphatic heterocycles. The third-order valence-electron chi connectivity index (χ3n) is 4.26. The van der Waals surface area contributed by atoms with Crippen molar-refractivity contribution in [2.24, 2.45) is 37.6 Å². The molecule has 14 heteroatoms. The number of hydrogen-bond acceptors (Lipinski definition) is 7. The summed E-state index contributed by atoms with van der Waals surface area (Å²) in [5, 5.41) is 15.9. The first kappa shape index (κ1) is 30.4. The van der Waals surface area contributed by atoms with Crippen molar-refractivity contribution in [3.05, 3.63) is 46.5 Å². The van der Waals surface area contributed by atoms with Crippen molar-refractivity contribution in [2.45, 2.75) is 45.3 Å². The highest BCUT2D eigenvalue weighted by atomic mass is 32.2. The first-order chi connectivity index (χ1) is 16.3. The van der Waals surface area contributed by atoms with E-state index < -0.39 is 22.1 Å². The van der Waals surface area contributed by atoms with Crippen LogP contribution in [0.3, 0.4) is 0 Å². The minimum absolute atomic E-state index is 0.0144. The van der Waals surface area contributed by atoms with Crippen molar-refractivity contribution in [3.63, 3.8) is 0 Å². The zero-order valence-corrected chi connectivity index (χ0v) is 22.4. The number of aliphatic carboxylic acids is 1. The molecule has 1 atom stereocenters. The van der Waals surface area contributed by atoms with Crippen LogP contribution in [0.5, 0.6) is 0 Å². The van der Waals surface area contributed by atoms with E-state index >= 15 is 0 Å². The summed E-state index contributed by atoms with van der Waals surface area (Å²) in [7, 11) is -3.92. The molecular weight excluding hydrogens is 510 g/mol. The van der Waals surface area contributed by atoms with Gasteiger partial charge in [0.25, 0.3) is 0 Å². The summed E-state index contributed by atoms with van der Waals surface area (Å²) in [6.45, 7) is 6.06. The van der Waals surface area contributed by atoms with Crippen LogP contribution in [0.15, 0.2) is 39.0 Å². The number of rotatable bonds is 11. The molecule has 2 rings (SSSR count). The Kier molecular flexibility index (Phi) is 12.7. The van der Waals surface area contributed by atoms with Crippen molar-refractivity contribution in [1.82, 2.24) is 4.98 Å². The largest absolute Gasteiger partial charge is 0.481 e. The van der Waals surface area contributed by atoms with Crippen LogP contribution in [0.1, 0.15) is 49.9 Å². The normalized spacial score (nSPS) is 12.5. The van der Waals surface area contributed by atoms with Crippen LogP contribution in [-0.2, 0) is 27.2 Å². The van der Waals surface area contributed by atoms with Gasteiger partial charge >= 0.3 is 16.2 Å². The molecule has 1 heterocycles. The Hall–Kier alpha value is -2.68. The highest BCUT2D eigenvalue weighted by Gasteiger charge is 2.13. The predicted octanol–water partition coefficient (Wildman–Crippen LogP) is 2.31. The van der Waals surface area contributed by atoms with Crippen LogP contribution in [0, 0.1) is 5.92 Å². The van der Waals surface area contributed by atoms with Crippen LogP contribution in [0.2, 0.25) is 0 Å². The topological polar surface area (TPSA) is 213 Å². The molecule has 194 valence electrons. The maximum absolute atomic E-state index is 10.8. The summed E-state index contributed by atoms with van der Waals surface area (Å²) in [6, 6.07) is 7.87. The summed E-state index contributed by atoms with van der Waals surface area (Å²) < 4.78 is 24.5. The second-order valence-electron chi connectivity index (χ2n) is 7.96. The van der Waals surface area contributed by atoms with E-state index in [1.807, 2.05) is 29.6 Å². The van der Waals surface area contributed by atoms with Crippen LogP contribution in [-0.4, -0.2) is 42.0 Å². The molecule has 0 aliphatic rings. The van der Waals surface area contributed by atoms with Gasteiger partial charge in [-0.15, -0.1) is 15.7 Å². The van der Waals surface area contributed by atoms with Gasteiger partial charge in [0.2, 0.25) is 5.13 Å². The number of nitrogens with two attached hydrogens (primary N) is 4. The number of nitrogens with zero attached hydrogens (tertiary/aromatic N) is 3. The number of benzene rings is 1. The Labute approximate surface area is 214 Å². The van der Waals surface area contributed by atoms with E-state index in [-0.39, 0.29) is 11.8 Å². The zero-order chi connectivity index (χ0) is 26.6. The minimum Gasteiger partial charge on any atom is -0.481 e.